The molecule has 1 atom stereocenters. The van der Waals surface area contributed by atoms with E-state index in [1.807, 2.05) is 0 Å². The highest BCUT2D eigenvalue weighted by atomic mass is 35.5. The van der Waals surface area contributed by atoms with Gasteiger partial charge in [-0.05, 0) is 61.0 Å². The highest BCUT2D eigenvalue weighted by Gasteiger charge is 2.16. The Labute approximate surface area is 185 Å². The molecule has 0 saturated carbocycles. The zero-order valence-electron chi connectivity index (χ0n) is 16.4. The van der Waals surface area contributed by atoms with Crippen LogP contribution in [0, 0.1) is 0 Å². The number of rotatable bonds is 7. The first kappa shape index (κ1) is 22.0. The summed E-state index contributed by atoms with van der Waals surface area (Å²) in [5, 5.41) is 7.92. The fraction of sp³-hybridized carbons (Fsp3) is 0.286. The number of nitrogens with zero attached hydrogens (tertiary/aromatic N) is 1. The van der Waals surface area contributed by atoms with Crippen molar-refractivity contribution in [2.75, 3.05) is 20.3 Å². The van der Waals surface area contributed by atoms with Gasteiger partial charge in [0.15, 0.2) is 16.6 Å². The van der Waals surface area contributed by atoms with E-state index in [-0.39, 0.29) is 17.4 Å². The third kappa shape index (κ3) is 6.16. The quantitative estimate of drug-likeness (QED) is 0.221. The van der Waals surface area contributed by atoms with E-state index in [9.17, 15) is 4.79 Å². The number of thiocarbonyl (C=S) groups is 1. The fourth-order valence-corrected chi connectivity index (χ4v) is 3.20. The van der Waals surface area contributed by atoms with Crippen LogP contribution in [0.25, 0.3) is 0 Å². The predicted molar refractivity (Wildman–Crippen MR) is 120 cm³/mol. The number of esters is 1. The van der Waals surface area contributed by atoms with Crippen molar-refractivity contribution in [1.82, 2.24) is 10.7 Å². The standard InChI is InChI=1S/C21H22ClN3O4S/c1-27-19-11-14(12-24-25-21(30)23-13-15-5-4-10-28-15)8-9-18(19)29-20(26)16-6-2-3-7-17(16)22/h2-3,6-9,11-12,15H,4-5,10,13H2,1H3,(H2,23,25,30). The molecule has 9 heteroatoms. The topological polar surface area (TPSA) is 81.2 Å². The van der Waals surface area contributed by atoms with Crippen LogP contribution in [0.5, 0.6) is 11.5 Å². The number of carbonyl (C=O) groups is 1. The van der Waals surface area contributed by atoms with Gasteiger partial charge in [0.25, 0.3) is 0 Å². The summed E-state index contributed by atoms with van der Waals surface area (Å²) in [5.41, 5.74) is 3.77. The summed E-state index contributed by atoms with van der Waals surface area (Å²) in [6, 6.07) is 11.7. The lowest BCUT2D eigenvalue weighted by Gasteiger charge is -2.12. The Balaban J connectivity index is 1.56. The van der Waals surface area contributed by atoms with Gasteiger partial charge in [-0.3, -0.25) is 5.43 Å². The minimum Gasteiger partial charge on any atom is -0.493 e. The highest BCUT2D eigenvalue weighted by Crippen LogP contribution is 2.29. The zero-order chi connectivity index (χ0) is 21.3. The fourth-order valence-electron chi connectivity index (χ4n) is 2.85. The van der Waals surface area contributed by atoms with Gasteiger partial charge in [-0.1, -0.05) is 23.7 Å². The second-order valence-corrected chi connectivity index (χ2v) is 7.31. The molecule has 2 aromatic carbocycles. The lowest BCUT2D eigenvalue weighted by Crippen LogP contribution is -2.37. The third-order valence-electron chi connectivity index (χ3n) is 4.38. The molecular formula is C21H22ClN3O4S. The van der Waals surface area contributed by atoms with Gasteiger partial charge >= 0.3 is 5.97 Å². The van der Waals surface area contributed by atoms with E-state index in [1.54, 1.807) is 48.7 Å². The van der Waals surface area contributed by atoms with E-state index in [4.69, 9.17) is 38.0 Å². The van der Waals surface area contributed by atoms with E-state index >= 15 is 0 Å². The summed E-state index contributed by atoms with van der Waals surface area (Å²) in [7, 11) is 1.49. The van der Waals surface area contributed by atoms with Crippen molar-refractivity contribution in [2.24, 2.45) is 5.10 Å². The van der Waals surface area contributed by atoms with Gasteiger partial charge in [0.2, 0.25) is 0 Å². The summed E-state index contributed by atoms with van der Waals surface area (Å²) < 4.78 is 16.3. The molecule has 2 aromatic rings. The lowest BCUT2D eigenvalue weighted by atomic mass is 10.2. The molecule has 0 spiro atoms. The van der Waals surface area contributed by atoms with E-state index in [2.05, 4.69) is 15.8 Å². The average molecular weight is 448 g/mol. The molecule has 3 rings (SSSR count). The Morgan fingerprint density at radius 3 is 2.90 bits per heavy atom. The zero-order valence-corrected chi connectivity index (χ0v) is 18.0. The van der Waals surface area contributed by atoms with Gasteiger partial charge in [0.1, 0.15) is 0 Å². The molecule has 30 heavy (non-hydrogen) atoms. The number of benzene rings is 2. The summed E-state index contributed by atoms with van der Waals surface area (Å²) in [5.74, 6) is 0.101. The molecule has 0 amide bonds. The van der Waals surface area contributed by atoms with Crippen LogP contribution in [0.15, 0.2) is 47.6 Å². The molecule has 1 unspecified atom stereocenters. The number of hydrazone groups is 1. The Kier molecular flexibility index (Phi) is 8.01. The molecule has 0 radical (unpaired) electrons. The van der Waals surface area contributed by atoms with Crippen LogP contribution in [0.2, 0.25) is 5.02 Å². The maximum absolute atomic E-state index is 12.4. The highest BCUT2D eigenvalue weighted by molar-refractivity contribution is 7.80. The minimum absolute atomic E-state index is 0.194. The van der Waals surface area contributed by atoms with E-state index in [0.29, 0.717) is 22.4 Å². The van der Waals surface area contributed by atoms with Gasteiger partial charge in [-0.2, -0.15) is 5.10 Å². The van der Waals surface area contributed by atoms with Gasteiger partial charge in [-0.15, -0.1) is 0 Å². The number of ether oxygens (including phenoxy) is 3. The Morgan fingerprint density at radius 2 is 2.17 bits per heavy atom. The molecule has 1 aliphatic rings. The SMILES string of the molecule is COc1cc(C=NNC(=S)NCC2CCCO2)ccc1OC(=O)c1ccccc1Cl. The van der Waals surface area contributed by atoms with Gasteiger partial charge in [0, 0.05) is 13.2 Å². The van der Waals surface area contributed by atoms with Crippen molar-refractivity contribution >= 4 is 41.1 Å². The molecule has 0 aliphatic carbocycles. The maximum atomic E-state index is 12.4. The normalized spacial score (nSPS) is 15.7. The van der Waals surface area contributed by atoms with Crippen molar-refractivity contribution in [2.45, 2.75) is 18.9 Å². The van der Waals surface area contributed by atoms with Gasteiger partial charge in [-0.25, -0.2) is 4.79 Å². The first-order valence-corrected chi connectivity index (χ1v) is 10.2. The van der Waals surface area contributed by atoms with Crippen molar-refractivity contribution in [3.63, 3.8) is 0 Å². The molecular weight excluding hydrogens is 426 g/mol. The van der Waals surface area contributed by atoms with Crippen LogP contribution < -0.4 is 20.2 Å². The van der Waals surface area contributed by atoms with Crippen LogP contribution >= 0.6 is 23.8 Å². The first-order chi connectivity index (χ1) is 14.6. The Hall–Kier alpha value is -2.68. The van der Waals surface area contributed by atoms with Crippen LogP contribution in [0.4, 0.5) is 0 Å². The number of carbonyl (C=O) groups excluding carboxylic acids is 1. The number of hydrogen-bond donors (Lipinski definition) is 2. The maximum Gasteiger partial charge on any atom is 0.345 e. The van der Waals surface area contributed by atoms with Crippen LogP contribution in [-0.2, 0) is 4.74 Å². The number of nitrogens with one attached hydrogen (secondary N) is 2. The second-order valence-electron chi connectivity index (χ2n) is 6.49. The monoisotopic (exact) mass is 447 g/mol. The van der Waals surface area contributed by atoms with E-state index < -0.39 is 5.97 Å². The smallest absolute Gasteiger partial charge is 0.345 e. The van der Waals surface area contributed by atoms with Gasteiger partial charge in [0.05, 0.1) is 30.0 Å². The number of methoxy groups -OCH3 is 1. The minimum atomic E-state index is -0.565. The summed E-state index contributed by atoms with van der Waals surface area (Å²) in [4.78, 5) is 12.4. The number of hydrogen-bond acceptors (Lipinski definition) is 6. The summed E-state index contributed by atoms with van der Waals surface area (Å²) in [6.45, 7) is 1.46. The molecule has 1 heterocycles. The van der Waals surface area contributed by atoms with Crippen molar-refractivity contribution in [1.29, 1.82) is 0 Å². The van der Waals surface area contributed by atoms with Crippen molar-refractivity contribution < 1.29 is 19.0 Å². The molecule has 7 nitrogen and oxygen atoms in total. The summed E-state index contributed by atoms with van der Waals surface area (Å²) in [6.07, 6.45) is 3.89. The largest absolute Gasteiger partial charge is 0.493 e. The molecule has 0 bridgehead atoms. The van der Waals surface area contributed by atoms with Crippen LogP contribution in [-0.4, -0.2) is 43.7 Å². The van der Waals surface area contributed by atoms with Crippen molar-refractivity contribution in [3.05, 3.63) is 58.6 Å². The van der Waals surface area contributed by atoms with Crippen molar-refractivity contribution in [3.8, 4) is 11.5 Å². The Morgan fingerprint density at radius 1 is 1.33 bits per heavy atom. The first-order valence-electron chi connectivity index (χ1n) is 9.40. The molecule has 0 aromatic heterocycles. The second kappa shape index (κ2) is 10.9. The van der Waals surface area contributed by atoms with Crippen LogP contribution in [0.3, 0.4) is 0 Å². The van der Waals surface area contributed by atoms with Gasteiger partial charge < -0.3 is 19.5 Å². The molecule has 1 aliphatic heterocycles. The van der Waals surface area contributed by atoms with Crippen LogP contribution in [0.1, 0.15) is 28.8 Å². The average Bonchev–Trinajstić information content (AvgIpc) is 3.27. The molecule has 158 valence electrons. The molecule has 1 fully saturated rings. The molecule has 2 N–H and O–H groups in total. The van der Waals surface area contributed by atoms with E-state index in [0.717, 1.165) is 25.0 Å². The van der Waals surface area contributed by atoms with E-state index in [1.165, 1.54) is 7.11 Å². The molecule has 1 saturated heterocycles. The lowest BCUT2D eigenvalue weighted by molar-refractivity contribution is 0.0730. The number of halogens is 1. The Bertz CT molecular complexity index is 932. The third-order valence-corrected chi connectivity index (χ3v) is 4.94. The summed E-state index contributed by atoms with van der Waals surface area (Å²) >= 11 is 11.2. The predicted octanol–water partition coefficient (Wildman–Crippen LogP) is 3.54.